The number of hydrogen-bond donors (Lipinski definition) is 3. The van der Waals surface area contributed by atoms with Gasteiger partial charge >= 0.3 is 0 Å². The molecule has 3 N–H and O–H groups in total. The highest BCUT2D eigenvalue weighted by Gasteiger charge is 2.30. The molecule has 3 aromatic carbocycles. The van der Waals surface area contributed by atoms with Crippen LogP contribution < -0.4 is 5.32 Å². The van der Waals surface area contributed by atoms with E-state index in [1.807, 2.05) is 0 Å². The van der Waals surface area contributed by atoms with Crippen LogP contribution in [0.1, 0.15) is 24.8 Å². The van der Waals surface area contributed by atoms with Gasteiger partial charge in [0.05, 0.1) is 18.2 Å². The third kappa shape index (κ3) is 2.39. The molecule has 1 fully saturated rings. The molecule has 5 rings (SSSR count). The molecule has 0 bridgehead atoms. The van der Waals surface area contributed by atoms with Gasteiger partial charge in [-0.3, -0.25) is 0 Å². The average Bonchev–Trinajstić information content (AvgIpc) is 2.99. The molecule has 3 heteroatoms. The second-order valence-electron chi connectivity index (χ2n) is 7.52. The van der Waals surface area contributed by atoms with Crippen LogP contribution in [0.5, 0.6) is 0 Å². The van der Waals surface area contributed by atoms with Crippen molar-refractivity contribution in [1.82, 2.24) is 5.32 Å². The van der Waals surface area contributed by atoms with Gasteiger partial charge in [-0.1, -0.05) is 54.6 Å². The number of aliphatic hydroxyl groups excluding tert-OH is 2. The van der Waals surface area contributed by atoms with Crippen molar-refractivity contribution in [3.63, 3.8) is 0 Å². The predicted molar refractivity (Wildman–Crippen MR) is 105 cm³/mol. The van der Waals surface area contributed by atoms with Crippen LogP contribution >= 0.6 is 0 Å². The Morgan fingerprint density at radius 2 is 1.42 bits per heavy atom. The van der Waals surface area contributed by atoms with Crippen LogP contribution in [0.15, 0.2) is 54.6 Å². The molecular weight excluding hydrogens is 322 g/mol. The number of hydrogen-bond acceptors (Lipinski definition) is 3. The minimum absolute atomic E-state index is 0.246. The Labute approximate surface area is 153 Å². The molecule has 26 heavy (non-hydrogen) atoms. The zero-order chi connectivity index (χ0) is 17.7. The van der Waals surface area contributed by atoms with E-state index in [4.69, 9.17) is 0 Å². The number of benzene rings is 3. The third-order valence-electron chi connectivity index (χ3n) is 6.00. The Balaban J connectivity index is 1.52. The van der Waals surface area contributed by atoms with Gasteiger partial charge in [0.1, 0.15) is 0 Å². The van der Waals surface area contributed by atoms with Crippen molar-refractivity contribution in [1.29, 1.82) is 0 Å². The van der Waals surface area contributed by atoms with Gasteiger partial charge in [-0.25, -0.2) is 0 Å². The summed E-state index contributed by atoms with van der Waals surface area (Å²) in [7, 11) is 0. The SMILES string of the molecule is OC1CCCC(O)C1NCc1ccc2c3c(cccc13)-c1ccccc1-2. The Bertz CT molecular complexity index is 942. The molecule has 0 amide bonds. The normalized spacial score (nSPS) is 24.0. The molecule has 0 heterocycles. The molecule has 2 atom stereocenters. The van der Waals surface area contributed by atoms with Crippen molar-refractivity contribution >= 4 is 10.8 Å². The van der Waals surface area contributed by atoms with Crippen molar-refractivity contribution in [2.45, 2.75) is 44.1 Å². The van der Waals surface area contributed by atoms with Crippen LogP contribution in [-0.4, -0.2) is 28.5 Å². The molecule has 0 spiro atoms. The zero-order valence-electron chi connectivity index (χ0n) is 14.7. The third-order valence-corrected chi connectivity index (χ3v) is 6.00. The maximum atomic E-state index is 10.2. The van der Waals surface area contributed by atoms with Gasteiger partial charge in [-0.15, -0.1) is 0 Å². The van der Waals surface area contributed by atoms with E-state index in [-0.39, 0.29) is 6.04 Å². The lowest BCUT2D eigenvalue weighted by atomic mass is 9.89. The largest absolute Gasteiger partial charge is 0.391 e. The highest BCUT2D eigenvalue weighted by Crippen LogP contribution is 2.47. The fraction of sp³-hybridized carbons (Fsp3) is 0.304. The summed E-state index contributed by atoms with van der Waals surface area (Å²) in [5.41, 5.74) is 6.41. The second kappa shape index (κ2) is 6.20. The van der Waals surface area contributed by atoms with Gasteiger partial charge < -0.3 is 15.5 Å². The van der Waals surface area contributed by atoms with Gasteiger partial charge in [0, 0.05) is 6.54 Å². The Morgan fingerprint density at radius 1 is 0.769 bits per heavy atom. The number of rotatable bonds is 3. The quantitative estimate of drug-likeness (QED) is 0.529. The monoisotopic (exact) mass is 345 g/mol. The Morgan fingerprint density at radius 3 is 2.15 bits per heavy atom. The summed E-state index contributed by atoms with van der Waals surface area (Å²) in [5, 5.41) is 26.4. The zero-order valence-corrected chi connectivity index (χ0v) is 14.7. The molecule has 1 saturated carbocycles. The average molecular weight is 345 g/mol. The summed E-state index contributed by atoms with van der Waals surface area (Å²) in [5.74, 6) is 0. The van der Waals surface area contributed by atoms with Gasteiger partial charge in [0.25, 0.3) is 0 Å². The van der Waals surface area contributed by atoms with Crippen LogP contribution in [0.4, 0.5) is 0 Å². The molecule has 0 radical (unpaired) electrons. The maximum absolute atomic E-state index is 10.2. The highest BCUT2D eigenvalue weighted by atomic mass is 16.3. The van der Waals surface area contributed by atoms with E-state index in [1.54, 1.807) is 0 Å². The lowest BCUT2D eigenvalue weighted by Crippen LogP contribution is -2.50. The van der Waals surface area contributed by atoms with E-state index in [1.165, 1.54) is 38.6 Å². The maximum Gasteiger partial charge on any atom is 0.0718 e. The second-order valence-corrected chi connectivity index (χ2v) is 7.52. The van der Waals surface area contributed by atoms with E-state index in [2.05, 4.69) is 59.9 Å². The van der Waals surface area contributed by atoms with Gasteiger partial charge in [-0.2, -0.15) is 0 Å². The lowest BCUT2D eigenvalue weighted by molar-refractivity contribution is 0.000913. The minimum atomic E-state index is -0.472. The van der Waals surface area contributed by atoms with Crippen LogP contribution in [0.25, 0.3) is 33.0 Å². The summed E-state index contributed by atoms with van der Waals surface area (Å²) in [6.45, 7) is 0.648. The molecule has 0 saturated heterocycles. The molecule has 2 unspecified atom stereocenters. The first kappa shape index (κ1) is 16.0. The van der Waals surface area contributed by atoms with E-state index >= 15 is 0 Å². The number of nitrogens with one attached hydrogen (secondary N) is 1. The van der Waals surface area contributed by atoms with Gasteiger partial charge in [0.2, 0.25) is 0 Å². The van der Waals surface area contributed by atoms with E-state index in [9.17, 15) is 10.2 Å². The molecule has 2 aliphatic carbocycles. The molecule has 0 aliphatic heterocycles. The van der Waals surface area contributed by atoms with Crippen LogP contribution in [0, 0.1) is 0 Å². The summed E-state index contributed by atoms with van der Waals surface area (Å²) < 4.78 is 0. The molecule has 132 valence electrons. The lowest BCUT2D eigenvalue weighted by Gasteiger charge is -2.33. The van der Waals surface area contributed by atoms with E-state index < -0.39 is 12.2 Å². The van der Waals surface area contributed by atoms with Crippen molar-refractivity contribution in [3.05, 3.63) is 60.2 Å². The summed E-state index contributed by atoms with van der Waals surface area (Å²) >= 11 is 0. The molecule has 2 aliphatic rings. The number of aliphatic hydroxyl groups is 2. The standard InChI is InChI=1S/C23H23NO2/c25-20-9-4-10-21(26)23(20)24-13-14-11-12-19-17-6-2-1-5-16(17)18-8-3-7-15(14)22(18)19/h1-3,5-8,11-12,20-21,23-26H,4,9-10,13H2. The Kier molecular flexibility index (Phi) is 3.82. The molecule has 3 aromatic rings. The molecular formula is C23H23NO2. The van der Waals surface area contributed by atoms with Crippen molar-refractivity contribution in [3.8, 4) is 22.3 Å². The molecule has 0 aromatic heterocycles. The van der Waals surface area contributed by atoms with Gasteiger partial charge in [-0.05, 0) is 57.9 Å². The van der Waals surface area contributed by atoms with Crippen LogP contribution in [0.2, 0.25) is 0 Å². The van der Waals surface area contributed by atoms with Crippen LogP contribution in [0.3, 0.4) is 0 Å². The first-order chi connectivity index (χ1) is 12.7. The number of fused-ring (bicyclic) bond motifs is 3. The first-order valence-electron chi connectivity index (χ1n) is 9.48. The minimum Gasteiger partial charge on any atom is -0.391 e. The summed E-state index contributed by atoms with van der Waals surface area (Å²) in [6, 6.07) is 19.2. The fourth-order valence-electron chi connectivity index (χ4n) is 4.67. The summed E-state index contributed by atoms with van der Waals surface area (Å²) in [4.78, 5) is 0. The van der Waals surface area contributed by atoms with Crippen molar-refractivity contribution in [2.24, 2.45) is 0 Å². The van der Waals surface area contributed by atoms with E-state index in [0.29, 0.717) is 6.54 Å². The first-order valence-corrected chi connectivity index (χ1v) is 9.48. The topological polar surface area (TPSA) is 52.5 Å². The van der Waals surface area contributed by atoms with Crippen molar-refractivity contribution in [2.75, 3.05) is 0 Å². The summed E-state index contributed by atoms with van der Waals surface area (Å²) in [6.07, 6.45) is 1.46. The Hall–Kier alpha value is -2.20. The molecule has 3 nitrogen and oxygen atoms in total. The van der Waals surface area contributed by atoms with Crippen molar-refractivity contribution < 1.29 is 10.2 Å². The van der Waals surface area contributed by atoms with Crippen LogP contribution in [-0.2, 0) is 6.54 Å². The van der Waals surface area contributed by atoms with Gasteiger partial charge in [0.15, 0.2) is 0 Å². The smallest absolute Gasteiger partial charge is 0.0718 e. The highest BCUT2D eigenvalue weighted by molar-refractivity contribution is 6.15. The fourth-order valence-corrected chi connectivity index (χ4v) is 4.67. The predicted octanol–water partition coefficient (Wildman–Crippen LogP) is 3.85. The van der Waals surface area contributed by atoms with E-state index in [0.717, 1.165) is 19.3 Å².